The molecule has 2 aromatic carbocycles. The minimum absolute atomic E-state index is 0.157. The van der Waals surface area contributed by atoms with Crippen LogP contribution in [0.1, 0.15) is 25.0 Å². The van der Waals surface area contributed by atoms with Crippen LogP contribution < -0.4 is 9.47 Å². The zero-order valence-electron chi connectivity index (χ0n) is 18.1. The summed E-state index contributed by atoms with van der Waals surface area (Å²) in [5, 5.41) is -0.254. The van der Waals surface area contributed by atoms with Crippen molar-refractivity contribution in [1.29, 1.82) is 0 Å². The van der Waals surface area contributed by atoms with E-state index in [1.807, 2.05) is 24.3 Å². The van der Waals surface area contributed by atoms with Gasteiger partial charge in [0.2, 0.25) is 0 Å². The molecule has 0 unspecified atom stereocenters. The van der Waals surface area contributed by atoms with Gasteiger partial charge in [0.25, 0.3) is 11.1 Å². The number of amides is 2. The molecule has 33 heavy (non-hydrogen) atoms. The second kappa shape index (κ2) is 11.1. The fourth-order valence-electron chi connectivity index (χ4n) is 3.03. The van der Waals surface area contributed by atoms with Crippen molar-refractivity contribution < 1.29 is 28.6 Å². The van der Waals surface area contributed by atoms with Gasteiger partial charge in [-0.15, -0.1) is 0 Å². The molecular formula is C23H21BrClNO6S. The zero-order chi connectivity index (χ0) is 24.1. The number of rotatable bonds is 8. The van der Waals surface area contributed by atoms with E-state index < -0.39 is 23.2 Å². The quantitative estimate of drug-likeness (QED) is 0.307. The highest BCUT2D eigenvalue weighted by Gasteiger charge is 2.41. The summed E-state index contributed by atoms with van der Waals surface area (Å²) >= 11 is 10.6. The minimum Gasteiger partial charge on any atom is -0.493 e. The average molecular weight is 555 g/mol. The molecule has 174 valence electrons. The topological polar surface area (TPSA) is 82.1 Å². The van der Waals surface area contributed by atoms with Crippen molar-refractivity contribution in [2.45, 2.75) is 26.5 Å². The van der Waals surface area contributed by atoms with Crippen LogP contribution in [0.4, 0.5) is 4.79 Å². The van der Waals surface area contributed by atoms with Crippen molar-refractivity contribution in [3.63, 3.8) is 0 Å². The Morgan fingerprint density at radius 2 is 1.94 bits per heavy atom. The lowest BCUT2D eigenvalue weighted by molar-refractivity contribution is -0.150. The molecule has 0 aliphatic carbocycles. The summed E-state index contributed by atoms with van der Waals surface area (Å²) in [7, 11) is 1.48. The Bertz CT molecular complexity index is 1100. The lowest BCUT2D eigenvalue weighted by Gasteiger charge is -2.19. The van der Waals surface area contributed by atoms with Crippen molar-refractivity contribution in [1.82, 2.24) is 4.90 Å². The standard InChI is InChI=1S/C23H21BrClNO6S/c1-4-31-22(28)13(2)26-21(27)19(33-23(26)29)11-15-9-17(25)20(18(10-15)30-3)32-12-14-5-7-16(24)8-6-14/h5-11,13H,4,12H2,1-3H3/b19-11+/t13-/m0/s1. The summed E-state index contributed by atoms with van der Waals surface area (Å²) in [5.41, 5.74) is 1.49. The Hall–Kier alpha value is -2.49. The lowest BCUT2D eigenvalue weighted by atomic mass is 10.1. The van der Waals surface area contributed by atoms with Crippen molar-refractivity contribution in [2.24, 2.45) is 0 Å². The molecule has 0 saturated carbocycles. The molecule has 0 spiro atoms. The first-order valence-electron chi connectivity index (χ1n) is 9.93. The minimum atomic E-state index is -1.02. The first-order chi connectivity index (χ1) is 15.7. The predicted octanol–water partition coefficient (Wildman–Crippen LogP) is 5.68. The molecule has 2 amide bonds. The van der Waals surface area contributed by atoms with Crippen LogP contribution in [0.25, 0.3) is 6.08 Å². The average Bonchev–Trinajstić information content (AvgIpc) is 3.06. The predicted molar refractivity (Wildman–Crippen MR) is 130 cm³/mol. The first kappa shape index (κ1) is 25.1. The molecule has 1 atom stereocenters. The largest absolute Gasteiger partial charge is 0.493 e. The molecule has 1 heterocycles. The van der Waals surface area contributed by atoms with E-state index in [9.17, 15) is 14.4 Å². The molecule has 0 aromatic heterocycles. The maximum atomic E-state index is 12.8. The zero-order valence-corrected chi connectivity index (χ0v) is 21.3. The molecule has 0 bridgehead atoms. The normalized spacial score (nSPS) is 15.7. The summed E-state index contributed by atoms with van der Waals surface area (Å²) in [4.78, 5) is 38.2. The number of methoxy groups -OCH3 is 1. The van der Waals surface area contributed by atoms with Gasteiger partial charge in [-0.2, -0.15) is 0 Å². The molecule has 7 nitrogen and oxygen atoms in total. The van der Waals surface area contributed by atoms with Crippen molar-refractivity contribution in [3.05, 3.63) is 61.9 Å². The van der Waals surface area contributed by atoms with E-state index in [1.54, 1.807) is 19.1 Å². The Morgan fingerprint density at radius 1 is 1.24 bits per heavy atom. The molecule has 1 fully saturated rings. The third-order valence-corrected chi connectivity index (χ3v) is 6.38. The summed E-state index contributed by atoms with van der Waals surface area (Å²) in [6.07, 6.45) is 1.52. The second-order valence-electron chi connectivity index (χ2n) is 6.93. The van der Waals surface area contributed by atoms with Gasteiger partial charge in [0.1, 0.15) is 12.6 Å². The second-order valence-corrected chi connectivity index (χ2v) is 9.25. The van der Waals surface area contributed by atoms with Gasteiger partial charge in [0.05, 0.1) is 23.6 Å². The fourth-order valence-corrected chi connectivity index (χ4v) is 4.48. The summed E-state index contributed by atoms with van der Waals surface area (Å²) < 4.78 is 17.2. The number of thioether (sulfide) groups is 1. The Morgan fingerprint density at radius 3 is 2.58 bits per heavy atom. The molecule has 1 aliphatic heterocycles. The SMILES string of the molecule is CCOC(=O)[C@H](C)N1C(=O)S/C(=C/c2cc(Cl)c(OCc3ccc(Br)cc3)c(OC)c2)C1=O. The van der Waals surface area contributed by atoms with E-state index >= 15 is 0 Å². The van der Waals surface area contributed by atoms with Gasteiger partial charge < -0.3 is 14.2 Å². The van der Waals surface area contributed by atoms with Crippen LogP contribution >= 0.6 is 39.3 Å². The molecule has 3 rings (SSSR count). The molecule has 1 aliphatic rings. The van der Waals surface area contributed by atoms with Crippen LogP contribution in [0.15, 0.2) is 45.8 Å². The van der Waals surface area contributed by atoms with Crippen molar-refractivity contribution >= 4 is 62.5 Å². The molecule has 2 aromatic rings. The number of carbonyl (C=O) groups is 3. The van der Waals surface area contributed by atoms with E-state index in [4.69, 9.17) is 25.8 Å². The maximum Gasteiger partial charge on any atom is 0.329 e. The molecule has 10 heteroatoms. The van der Waals surface area contributed by atoms with Crippen LogP contribution in [-0.4, -0.2) is 41.8 Å². The number of carbonyl (C=O) groups excluding carboxylic acids is 3. The van der Waals surface area contributed by atoms with Gasteiger partial charge in [-0.25, -0.2) is 4.79 Å². The smallest absolute Gasteiger partial charge is 0.329 e. The Balaban J connectivity index is 1.81. The van der Waals surface area contributed by atoms with Gasteiger partial charge in [0, 0.05) is 4.47 Å². The van der Waals surface area contributed by atoms with Crippen LogP contribution in [-0.2, 0) is 20.9 Å². The maximum absolute atomic E-state index is 12.8. The number of nitrogens with zero attached hydrogens (tertiary/aromatic N) is 1. The van der Waals surface area contributed by atoms with Crippen LogP contribution in [0, 0.1) is 0 Å². The number of hydrogen-bond acceptors (Lipinski definition) is 7. The molecular weight excluding hydrogens is 534 g/mol. The molecule has 0 N–H and O–H groups in total. The van der Waals surface area contributed by atoms with Gasteiger partial charge in [0.15, 0.2) is 11.5 Å². The number of esters is 1. The van der Waals surface area contributed by atoms with E-state index in [0.717, 1.165) is 26.7 Å². The van der Waals surface area contributed by atoms with Crippen LogP contribution in [0.3, 0.4) is 0 Å². The number of benzene rings is 2. The van der Waals surface area contributed by atoms with Crippen LogP contribution in [0.2, 0.25) is 5.02 Å². The lowest BCUT2D eigenvalue weighted by Crippen LogP contribution is -2.42. The summed E-state index contributed by atoms with van der Waals surface area (Å²) in [5.74, 6) is -0.470. The first-order valence-corrected chi connectivity index (χ1v) is 11.9. The van der Waals surface area contributed by atoms with E-state index in [1.165, 1.54) is 20.1 Å². The van der Waals surface area contributed by atoms with Crippen molar-refractivity contribution in [2.75, 3.05) is 13.7 Å². The third-order valence-electron chi connectivity index (χ3n) is 4.68. The Kier molecular flexibility index (Phi) is 8.45. The van der Waals surface area contributed by atoms with Gasteiger partial charge in [-0.1, -0.05) is 39.7 Å². The number of hydrogen-bond donors (Lipinski definition) is 0. The highest BCUT2D eigenvalue weighted by atomic mass is 79.9. The third kappa shape index (κ3) is 5.90. The molecule has 1 saturated heterocycles. The number of imide groups is 1. The number of halogens is 2. The van der Waals surface area contributed by atoms with Gasteiger partial charge >= 0.3 is 5.97 Å². The molecule has 0 radical (unpaired) electrons. The highest BCUT2D eigenvalue weighted by Crippen LogP contribution is 2.39. The fraction of sp³-hybridized carbons (Fsp3) is 0.261. The van der Waals surface area contributed by atoms with Crippen molar-refractivity contribution in [3.8, 4) is 11.5 Å². The Labute approximate surface area is 209 Å². The van der Waals surface area contributed by atoms with E-state index in [0.29, 0.717) is 17.1 Å². The van der Waals surface area contributed by atoms with Gasteiger partial charge in [-0.05, 0) is 67.1 Å². The monoisotopic (exact) mass is 553 g/mol. The highest BCUT2D eigenvalue weighted by molar-refractivity contribution is 9.10. The summed E-state index contributed by atoms with van der Waals surface area (Å²) in [6, 6.07) is 9.93. The number of ether oxygens (including phenoxy) is 3. The van der Waals surface area contributed by atoms with Crippen LogP contribution in [0.5, 0.6) is 11.5 Å². The van der Waals surface area contributed by atoms with E-state index in [-0.39, 0.29) is 23.1 Å². The van der Waals surface area contributed by atoms with E-state index in [2.05, 4.69) is 15.9 Å². The van der Waals surface area contributed by atoms with Gasteiger partial charge in [-0.3, -0.25) is 14.5 Å². The summed E-state index contributed by atoms with van der Waals surface area (Å²) in [6.45, 7) is 3.55.